The van der Waals surface area contributed by atoms with Crippen LogP contribution in [0.25, 0.3) is 11.1 Å². The molecule has 4 nitrogen and oxygen atoms in total. The van der Waals surface area contributed by atoms with Crippen molar-refractivity contribution in [2.45, 2.75) is 4.90 Å². The second-order valence-corrected chi connectivity index (χ2v) is 5.31. The van der Waals surface area contributed by atoms with Gasteiger partial charge >= 0.3 is 0 Å². The van der Waals surface area contributed by atoms with E-state index >= 15 is 0 Å². The van der Waals surface area contributed by atoms with E-state index in [0.29, 0.717) is 23.0 Å². The Bertz CT molecular complexity index is 693. The number of nitrogens with two attached hydrogens (primary N) is 1. The normalized spacial score (nSPS) is 11.2. The summed E-state index contributed by atoms with van der Waals surface area (Å²) < 4.78 is 23.0. The highest BCUT2D eigenvalue weighted by Crippen LogP contribution is 2.26. The summed E-state index contributed by atoms with van der Waals surface area (Å²) in [7, 11) is -3.79. The van der Waals surface area contributed by atoms with Gasteiger partial charge in [-0.15, -0.1) is 0 Å². The molecule has 2 rings (SSSR count). The molecule has 5 heteroatoms. The molecule has 0 radical (unpaired) electrons. The van der Waals surface area contributed by atoms with Gasteiger partial charge in [0.05, 0.1) is 4.90 Å². The van der Waals surface area contributed by atoms with Crippen LogP contribution in [0.5, 0.6) is 0 Å². The third-order valence-corrected chi connectivity index (χ3v) is 3.50. The molecule has 0 unspecified atom stereocenters. The number of carbonyl (C=O) groups excluding carboxylic acids is 1. The smallest absolute Gasteiger partial charge is 0.238 e. The van der Waals surface area contributed by atoms with Crippen molar-refractivity contribution in [1.29, 1.82) is 0 Å². The number of primary sulfonamides is 1. The lowest BCUT2D eigenvalue weighted by Gasteiger charge is -2.07. The Morgan fingerprint density at radius 1 is 1.00 bits per heavy atom. The van der Waals surface area contributed by atoms with Gasteiger partial charge in [-0.2, -0.15) is 0 Å². The molecule has 0 atom stereocenters. The standard InChI is InChI=1S/C13H11NO3S/c14-18(16,17)13-7-2-1-6-12(13)11-5-3-4-10(8-11)9-15/h1-9H,(H2,14,16,17). The van der Waals surface area contributed by atoms with Crippen LogP contribution in [0.4, 0.5) is 0 Å². The fourth-order valence-electron chi connectivity index (χ4n) is 1.73. The van der Waals surface area contributed by atoms with Gasteiger partial charge < -0.3 is 0 Å². The van der Waals surface area contributed by atoms with Crippen LogP contribution in [0, 0.1) is 0 Å². The molecule has 2 aromatic rings. The number of sulfonamides is 1. The third kappa shape index (κ3) is 2.47. The fraction of sp³-hybridized carbons (Fsp3) is 0. The molecule has 2 N–H and O–H groups in total. The van der Waals surface area contributed by atoms with Crippen molar-refractivity contribution in [3.05, 3.63) is 54.1 Å². The quantitative estimate of drug-likeness (QED) is 0.856. The Hall–Kier alpha value is -1.98. The van der Waals surface area contributed by atoms with Crippen LogP contribution in [0.3, 0.4) is 0 Å². The molecule has 0 heterocycles. The van der Waals surface area contributed by atoms with E-state index in [9.17, 15) is 13.2 Å². The lowest BCUT2D eigenvalue weighted by Crippen LogP contribution is -2.13. The van der Waals surface area contributed by atoms with Crippen molar-refractivity contribution in [1.82, 2.24) is 0 Å². The maximum Gasteiger partial charge on any atom is 0.238 e. The van der Waals surface area contributed by atoms with Crippen molar-refractivity contribution in [2.24, 2.45) is 5.14 Å². The Labute approximate surface area is 105 Å². The Morgan fingerprint density at radius 3 is 2.39 bits per heavy atom. The summed E-state index contributed by atoms with van der Waals surface area (Å²) in [6, 6.07) is 13.1. The van der Waals surface area contributed by atoms with Crippen molar-refractivity contribution < 1.29 is 13.2 Å². The molecular weight excluding hydrogens is 250 g/mol. The van der Waals surface area contributed by atoms with Crippen LogP contribution in [-0.4, -0.2) is 14.7 Å². The van der Waals surface area contributed by atoms with E-state index < -0.39 is 10.0 Å². The fourth-order valence-corrected chi connectivity index (χ4v) is 2.49. The number of hydrogen-bond donors (Lipinski definition) is 1. The number of hydrogen-bond acceptors (Lipinski definition) is 3. The first-order valence-corrected chi connectivity index (χ1v) is 6.74. The van der Waals surface area contributed by atoms with E-state index in [0.717, 1.165) is 0 Å². The summed E-state index contributed by atoms with van der Waals surface area (Å²) in [5, 5.41) is 5.17. The molecule has 0 saturated carbocycles. The van der Waals surface area contributed by atoms with Crippen molar-refractivity contribution in [3.8, 4) is 11.1 Å². The Kier molecular flexibility index (Phi) is 3.27. The van der Waals surface area contributed by atoms with Crippen LogP contribution in [-0.2, 0) is 10.0 Å². The molecule has 0 amide bonds. The third-order valence-electron chi connectivity index (χ3n) is 2.53. The summed E-state index contributed by atoms with van der Waals surface area (Å²) in [5.74, 6) is 0. The minimum Gasteiger partial charge on any atom is -0.298 e. The van der Waals surface area contributed by atoms with Gasteiger partial charge in [0.2, 0.25) is 10.0 Å². The Morgan fingerprint density at radius 2 is 1.72 bits per heavy atom. The summed E-state index contributed by atoms with van der Waals surface area (Å²) in [6.07, 6.45) is 0.711. The van der Waals surface area contributed by atoms with Gasteiger partial charge in [-0.25, -0.2) is 13.6 Å². The van der Waals surface area contributed by atoms with Gasteiger partial charge in [-0.1, -0.05) is 36.4 Å². The lowest BCUT2D eigenvalue weighted by atomic mass is 10.0. The molecule has 0 saturated heterocycles. The van der Waals surface area contributed by atoms with E-state index in [2.05, 4.69) is 0 Å². The molecule has 0 aliphatic rings. The summed E-state index contributed by atoms with van der Waals surface area (Å²) in [5.41, 5.74) is 1.62. The highest BCUT2D eigenvalue weighted by Gasteiger charge is 2.14. The molecule has 0 aliphatic carbocycles. The predicted octanol–water partition coefficient (Wildman–Crippen LogP) is 1.81. The predicted molar refractivity (Wildman–Crippen MR) is 68.6 cm³/mol. The minimum atomic E-state index is -3.79. The number of aldehydes is 1. The van der Waals surface area contributed by atoms with Crippen LogP contribution >= 0.6 is 0 Å². The average molecular weight is 261 g/mol. The molecule has 0 aliphatic heterocycles. The summed E-state index contributed by atoms with van der Waals surface area (Å²) in [4.78, 5) is 10.8. The largest absolute Gasteiger partial charge is 0.298 e. The molecule has 0 bridgehead atoms. The van der Waals surface area contributed by atoms with Crippen LogP contribution < -0.4 is 5.14 Å². The van der Waals surface area contributed by atoms with Gasteiger partial charge in [0, 0.05) is 11.1 Å². The van der Waals surface area contributed by atoms with Gasteiger partial charge in [0.25, 0.3) is 0 Å². The van der Waals surface area contributed by atoms with Gasteiger partial charge in [-0.05, 0) is 17.7 Å². The SMILES string of the molecule is NS(=O)(=O)c1ccccc1-c1cccc(C=O)c1. The number of benzene rings is 2. The first-order valence-electron chi connectivity index (χ1n) is 5.20. The van der Waals surface area contributed by atoms with Crippen LogP contribution in [0.1, 0.15) is 10.4 Å². The van der Waals surface area contributed by atoms with Gasteiger partial charge in [0.1, 0.15) is 6.29 Å². The van der Waals surface area contributed by atoms with Crippen LogP contribution in [0.2, 0.25) is 0 Å². The lowest BCUT2D eigenvalue weighted by molar-refractivity contribution is 0.112. The van der Waals surface area contributed by atoms with Crippen molar-refractivity contribution in [2.75, 3.05) is 0 Å². The average Bonchev–Trinajstić information content (AvgIpc) is 2.38. The van der Waals surface area contributed by atoms with E-state index in [-0.39, 0.29) is 4.90 Å². The maximum absolute atomic E-state index is 11.5. The second-order valence-electron chi connectivity index (χ2n) is 3.78. The highest BCUT2D eigenvalue weighted by molar-refractivity contribution is 7.89. The zero-order chi connectivity index (χ0) is 13.2. The van der Waals surface area contributed by atoms with E-state index in [1.54, 1.807) is 42.5 Å². The summed E-state index contributed by atoms with van der Waals surface area (Å²) >= 11 is 0. The first kappa shape index (κ1) is 12.5. The number of carbonyl (C=O) groups is 1. The van der Waals surface area contributed by atoms with Gasteiger partial charge in [0.15, 0.2) is 0 Å². The van der Waals surface area contributed by atoms with E-state index in [1.807, 2.05) is 0 Å². The molecule has 0 aromatic heterocycles. The monoisotopic (exact) mass is 261 g/mol. The zero-order valence-corrected chi connectivity index (χ0v) is 10.2. The first-order chi connectivity index (χ1) is 8.52. The van der Waals surface area contributed by atoms with E-state index in [4.69, 9.17) is 5.14 Å². The molecule has 2 aromatic carbocycles. The second kappa shape index (κ2) is 4.72. The summed E-state index contributed by atoms with van der Waals surface area (Å²) in [6.45, 7) is 0. The highest BCUT2D eigenvalue weighted by atomic mass is 32.2. The van der Waals surface area contributed by atoms with E-state index in [1.165, 1.54) is 6.07 Å². The molecule has 18 heavy (non-hydrogen) atoms. The Balaban J connectivity index is 2.68. The van der Waals surface area contributed by atoms with Crippen molar-refractivity contribution in [3.63, 3.8) is 0 Å². The van der Waals surface area contributed by atoms with Crippen molar-refractivity contribution >= 4 is 16.3 Å². The molecular formula is C13H11NO3S. The minimum absolute atomic E-state index is 0.0491. The topological polar surface area (TPSA) is 77.2 Å². The van der Waals surface area contributed by atoms with Gasteiger partial charge in [-0.3, -0.25) is 4.79 Å². The molecule has 0 spiro atoms. The zero-order valence-electron chi connectivity index (χ0n) is 9.41. The van der Waals surface area contributed by atoms with Crippen LogP contribution in [0.15, 0.2) is 53.4 Å². The molecule has 0 fully saturated rings. The number of rotatable bonds is 3. The molecule has 92 valence electrons. The maximum atomic E-state index is 11.5.